The number of nitrogens with two attached hydrogens (primary N) is 1. The van der Waals surface area contributed by atoms with Crippen molar-refractivity contribution in [1.82, 2.24) is 20.2 Å². The summed E-state index contributed by atoms with van der Waals surface area (Å²) in [4.78, 5) is 22.8. The van der Waals surface area contributed by atoms with E-state index in [9.17, 15) is 4.79 Å². The number of carbonyl (C=O) groups excluding carboxylic acids is 1. The quantitative estimate of drug-likeness (QED) is 0.400. The van der Waals surface area contributed by atoms with Gasteiger partial charge in [0.1, 0.15) is 5.69 Å². The van der Waals surface area contributed by atoms with Crippen molar-refractivity contribution in [2.75, 3.05) is 32.2 Å². The highest BCUT2D eigenvalue weighted by Gasteiger charge is 2.22. The van der Waals surface area contributed by atoms with E-state index >= 15 is 0 Å². The van der Waals surface area contributed by atoms with E-state index in [0.717, 1.165) is 54.1 Å². The van der Waals surface area contributed by atoms with Crippen LogP contribution in [0.25, 0.3) is 33.7 Å². The molecule has 0 unspecified atom stereocenters. The zero-order chi connectivity index (χ0) is 23.8. The van der Waals surface area contributed by atoms with Crippen LogP contribution in [-0.2, 0) is 0 Å². The number of fused-ring (bicyclic) bond motifs is 1. The van der Waals surface area contributed by atoms with Crippen LogP contribution in [0.4, 0.5) is 5.69 Å². The summed E-state index contributed by atoms with van der Waals surface area (Å²) in [6, 6.07) is 9.52. The minimum atomic E-state index is -0.478. The number of benzene rings is 2. The standard InChI is InChI=1S/C25H28N6O3/c1-14-6-8-31(9-7-14)15-4-5-16(17(10-15)24(26)32)18-13-27-30-23(18)25-28-19-11-21(33-2)22(34-3)12-20(19)29-25/h4-5,10-14H,6-9H2,1-3H3,(H2,26,32)(H,27,30)(H,28,29). The lowest BCUT2D eigenvalue weighted by Gasteiger charge is -2.32. The number of aromatic amines is 2. The van der Waals surface area contributed by atoms with Crippen molar-refractivity contribution in [3.05, 3.63) is 42.1 Å². The lowest BCUT2D eigenvalue weighted by molar-refractivity contribution is 0.100. The van der Waals surface area contributed by atoms with Gasteiger partial charge in [0.05, 0.1) is 31.4 Å². The zero-order valence-electron chi connectivity index (χ0n) is 19.5. The van der Waals surface area contributed by atoms with Crippen molar-refractivity contribution in [2.45, 2.75) is 19.8 Å². The maximum absolute atomic E-state index is 12.5. The summed E-state index contributed by atoms with van der Waals surface area (Å²) in [6.07, 6.45) is 3.97. The van der Waals surface area contributed by atoms with E-state index in [1.165, 1.54) is 0 Å². The first-order chi connectivity index (χ1) is 16.5. The lowest BCUT2D eigenvalue weighted by Crippen LogP contribution is -2.33. The molecule has 0 bridgehead atoms. The fraction of sp³-hybridized carbons (Fsp3) is 0.320. The number of imidazole rings is 1. The summed E-state index contributed by atoms with van der Waals surface area (Å²) in [6.45, 7) is 4.23. The Labute approximate surface area is 197 Å². The summed E-state index contributed by atoms with van der Waals surface area (Å²) < 4.78 is 10.8. The number of nitrogens with one attached hydrogen (secondary N) is 2. The largest absolute Gasteiger partial charge is 0.493 e. The summed E-state index contributed by atoms with van der Waals surface area (Å²) in [5, 5.41) is 7.26. The van der Waals surface area contributed by atoms with E-state index in [2.05, 4.69) is 27.0 Å². The fourth-order valence-corrected chi connectivity index (χ4v) is 4.56. The number of nitrogens with zero attached hydrogens (tertiary/aromatic N) is 3. The molecule has 1 amide bonds. The van der Waals surface area contributed by atoms with Gasteiger partial charge in [-0.15, -0.1) is 0 Å². The predicted molar refractivity (Wildman–Crippen MR) is 131 cm³/mol. The Kier molecular flexibility index (Phi) is 5.61. The van der Waals surface area contributed by atoms with Crippen LogP contribution in [0.1, 0.15) is 30.1 Å². The van der Waals surface area contributed by atoms with Gasteiger partial charge in [0, 0.05) is 42.0 Å². The van der Waals surface area contributed by atoms with Gasteiger partial charge in [-0.3, -0.25) is 9.89 Å². The molecule has 9 nitrogen and oxygen atoms in total. The molecule has 176 valence electrons. The van der Waals surface area contributed by atoms with Crippen LogP contribution in [0.2, 0.25) is 0 Å². The number of aromatic nitrogens is 4. The monoisotopic (exact) mass is 460 g/mol. The molecule has 1 aliphatic heterocycles. The summed E-state index contributed by atoms with van der Waals surface area (Å²) in [5.74, 6) is 2.03. The first-order valence-corrected chi connectivity index (χ1v) is 11.3. The number of primary amides is 1. The van der Waals surface area contributed by atoms with Gasteiger partial charge in [-0.05, 0) is 36.5 Å². The molecule has 4 aromatic rings. The second-order valence-corrected chi connectivity index (χ2v) is 8.73. The molecule has 0 aliphatic carbocycles. The maximum Gasteiger partial charge on any atom is 0.249 e. The molecule has 2 aromatic carbocycles. The number of methoxy groups -OCH3 is 2. The predicted octanol–water partition coefficient (Wildman–Crippen LogP) is 3.97. The van der Waals surface area contributed by atoms with Gasteiger partial charge in [0.2, 0.25) is 5.91 Å². The SMILES string of the molecule is COc1cc2nc(-c3[nH]ncc3-c3ccc(N4CCC(C)CC4)cc3C(N)=O)[nH]c2cc1OC. The number of H-pyrrole nitrogens is 2. The van der Waals surface area contributed by atoms with Crippen LogP contribution in [0.15, 0.2) is 36.5 Å². The highest BCUT2D eigenvalue weighted by atomic mass is 16.5. The highest BCUT2D eigenvalue weighted by molar-refractivity contribution is 6.02. The molecule has 0 saturated carbocycles. The van der Waals surface area contributed by atoms with E-state index in [4.69, 9.17) is 20.2 Å². The van der Waals surface area contributed by atoms with Crippen LogP contribution in [0.3, 0.4) is 0 Å². The van der Waals surface area contributed by atoms with E-state index < -0.39 is 5.91 Å². The summed E-state index contributed by atoms with van der Waals surface area (Å²) in [5.41, 5.74) is 10.9. The van der Waals surface area contributed by atoms with E-state index in [-0.39, 0.29) is 0 Å². The van der Waals surface area contributed by atoms with Crippen LogP contribution in [0, 0.1) is 5.92 Å². The van der Waals surface area contributed by atoms with Crippen molar-refractivity contribution in [2.24, 2.45) is 11.7 Å². The second kappa shape index (κ2) is 8.74. The summed E-state index contributed by atoms with van der Waals surface area (Å²) in [7, 11) is 3.18. The van der Waals surface area contributed by atoms with Gasteiger partial charge in [-0.25, -0.2) is 4.98 Å². The first-order valence-electron chi connectivity index (χ1n) is 11.3. The van der Waals surface area contributed by atoms with Gasteiger partial charge >= 0.3 is 0 Å². The van der Waals surface area contributed by atoms with Crippen molar-refractivity contribution < 1.29 is 14.3 Å². The molecule has 1 fully saturated rings. The first kappa shape index (κ1) is 21.8. The van der Waals surface area contributed by atoms with E-state index in [1.807, 2.05) is 30.3 Å². The van der Waals surface area contributed by atoms with Crippen LogP contribution in [-0.4, -0.2) is 53.4 Å². The number of hydrogen-bond acceptors (Lipinski definition) is 6. The average Bonchev–Trinajstić information content (AvgIpc) is 3.49. The minimum absolute atomic E-state index is 0.457. The molecule has 3 heterocycles. The number of hydrogen-bond donors (Lipinski definition) is 3. The molecule has 5 rings (SSSR count). The zero-order valence-corrected chi connectivity index (χ0v) is 19.5. The third kappa shape index (κ3) is 3.83. The summed E-state index contributed by atoms with van der Waals surface area (Å²) >= 11 is 0. The second-order valence-electron chi connectivity index (χ2n) is 8.73. The number of rotatable bonds is 6. The Balaban J connectivity index is 1.55. The van der Waals surface area contributed by atoms with Gasteiger partial charge in [0.15, 0.2) is 17.3 Å². The minimum Gasteiger partial charge on any atom is -0.493 e. The molecule has 34 heavy (non-hydrogen) atoms. The Morgan fingerprint density at radius 1 is 1.09 bits per heavy atom. The van der Waals surface area contributed by atoms with E-state index in [1.54, 1.807) is 20.4 Å². The maximum atomic E-state index is 12.5. The molecule has 0 atom stereocenters. The lowest BCUT2D eigenvalue weighted by atomic mass is 9.96. The normalized spacial score (nSPS) is 14.5. The fourth-order valence-electron chi connectivity index (χ4n) is 4.56. The Morgan fingerprint density at radius 3 is 2.53 bits per heavy atom. The van der Waals surface area contributed by atoms with Gasteiger partial charge in [-0.2, -0.15) is 5.10 Å². The molecular formula is C25H28N6O3. The number of piperidine rings is 1. The molecule has 9 heteroatoms. The van der Waals surface area contributed by atoms with E-state index in [0.29, 0.717) is 34.1 Å². The smallest absolute Gasteiger partial charge is 0.249 e. The average molecular weight is 461 g/mol. The van der Waals surface area contributed by atoms with Crippen LogP contribution in [0.5, 0.6) is 11.5 Å². The number of anilines is 1. The Morgan fingerprint density at radius 2 is 1.82 bits per heavy atom. The number of carbonyl (C=O) groups is 1. The highest BCUT2D eigenvalue weighted by Crippen LogP contribution is 2.36. The molecular weight excluding hydrogens is 432 g/mol. The number of amides is 1. The van der Waals surface area contributed by atoms with Crippen molar-refractivity contribution in [3.63, 3.8) is 0 Å². The molecule has 2 aromatic heterocycles. The molecule has 1 saturated heterocycles. The molecule has 0 spiro atoms. The Hall–Kier alpha value is -4.01. The molecule has 4 N–H and O–H groups in total. The third-order valence-corrected chi connectivity index (χ3v) is 6.57. The topological polar surface area (TPSA) is 122 Å². The third-order valence-electron chi connectivity index (χ3n) is 6.57. The van der Waals surface area contributed by atoms with Crippen molar-refractivity contribution >= 4 is 22.6 Å². The van der Waals surface area contributed by atoms with Crippen molar-refractivity contribution in [3.8, 4) is 34.1 Å². The molecule has 1 aliphatic rings. The van der Waals surface area contributed by atoms with Gasteiger partial charge in [0.25, 0.3) is 0 Å². The van der Waals surface area contributed by atoms with Gasteiger partial charge in [-0.1, -0.05) is 13.0 Å². The van der Waals surface area contributed by atoms with Crippen LogP contribution < -0.4 is 20.1 Å². The van der Waals surface area contributed by atoms with Crippen LogP contribution >= 0.6 is 0 Å². The molecule has 0 radical (unpaired) electrons. The number of ether oxygens (including phenoxy) is 2. The van der Waals surface area contributed by atoms with Crippen molar-refractivity contribution in [1.29, 1.82) is 0 Å². The Bertz CT molecular complexity index is 1310. The van der Waals surface area contributed by atoms with Gasteiger partial charge < -0.3 is 25.1 Å².